The summed E-state index contributed by atoms with van der Waals surface area (Å²) >= 11 is 1.59. The molecule has 21 heavy (non-hydrogen) atoms. The van der Waals surface area contributed by atoms with Crippen molar-refractivity contribution in [2.24, 2.45) is 0 Å². The van der Waals surface area contributed by atoms with Crippen LogP contribution in [0.1, 0.15) is 15.9 Å². The molecule has 0 N–H and O–H groups in total. The number of aromatic nitrogens is 1. The van der Waals surface area contributed by atoms with Crippen molar-refractivity contribution < 1.29 is 9.18 Å². The van der Waals surface area contributed by atoms with Crippen LogP contribution in [0.25, 0.3) is 0 Å². The van der Waals surface area contributed by atoms with Crippen LogP contribution in [0, 0.1) is 12.7 Å². The summed E-state index contributed by atoms with van der Waals surface area (Å²) in [5.74, 6) is -0.678. The summed E-state index contributed by atoms with van der Waals surface area (Å²) < 4.78 is 13.8. The van der Waals surface area contributed by atoms with Gasteiger partial charge in [-0.1, -0.05) is 11.6 Å². The Balaban J connectivity index is 1.69. The smallest absolute Gasteiger partial charge is 0.256 e. The molecule has 4 nitrogen and oxygen atoms in total. The summed E-state index contributed by atoms with van der Waals surface area (Å²) in [6.45, 7) is 4.49. The quantitative estimate of drug-likeness (QED) is 0.855. The number of carbonyl (C=O) groups is 1. The van der Waals surface area contributed by atoms with Gasteiger partial charge < -0.3 is 9.80 Å². The van der Waals surface area contributed by atoms with Crippen molar-refractivity contribution in [1.82, 2.24) is 9.88 Å². The largest absolute Gasteiger partial charge is 0.345 e. The number of rotatable bonds is 2. The highest BCUT2D eigenvalue weighted by atomic mass is 32.1. The molecule has 1 aliphatic rings. The summed E-state index contributed by atoms with van der Waals surface area (Å²) in [6.07, 6.45) is 1.78. The van der Waals surface area contributed by atoms with Crippen LogP contribution in [0.4, 0.5) is 9.52 Å². The number of nitrogens with zero attached hydrogens (tertiary/aromatic N) is 3. The third-order valence-electron chi connectivity index (χ3n) is 3.61. The molecule has 110 valence electrons. The van der Waals surface area contributed by atoms with Crippen molar-refractivity contribution in [3.63, 3.8) is 0 Å². The maximum atomic E-state index is 13.8. The van der Waals surface area contributed by atoms with Crippen LogP contribution in [0.15, 0.2) is 29.8 Å². The highest BCUT2D eigenvalue weighted by Crippen LogP contribution is 2.20. The number of carbonyl (C=O) groups excluding carboxylic acids is 1. The number of hydrogen-bond acceptors (Lipinski definition) is 4. The van der Waals surface area contributed by atoms with E-state index in [1.54, 1.807) is 34.6 Å². The number of amides is 1. The second-order valence-electron chi connectivity index (χ2n) is 5.08. The van der Waals surface area contributed by atoms with Crippen LogP contribution in [0.5, 0.6) is 0 Å². The molecule has 0 unspecified atom stereocenters. The van der Waals surface area contributed by atoms with E-state index in [1.807, 2.05) is 12.3 Å². The molecule has 1 aromatic heterocycles. The second-order valence-corrected chi connectivity index (χ2v) is 5.95. The summed E-state index contributed by atoms with van der Waals surface area (Å²) in [7, 11) is 0. The van der Waals surface area contributed by atoms with Gasteiger partial charge in [0.15, 0.2) is 5.13 Å². The number of halogens is 1. The summed E-state index contributed by atoms with van der Waals surface area (Å²) in [5, 5.41) is 2.92. The van der Waals surface area contributed by atoms with Gasteiger partial charge in [-0.05, 0) is 19.1 Å². The average molecular weight is 305 g/mol. The first-order chi connectivity index (χ1) is 10.1. The highest BCUT2D eigenvalue weighted by Gasteiger charge is 2.24. The molecule has 0 bridgehead atoms. The fourth-order valence-corrected chi connectivity index (χ4v) is 3.14. The molecule has 0 atom stereocenters. The lowest BCUT2D eigenvalue weighted by atomic mass is 10.1. The first-order valence-corrected chi connectivity index (χ1v) is 7.73. The maximum Gasteiger partial charge on any atom is 0.256 e. The van der Waals surface area contributed by atoms with Crippen molar-refractivity contribution in [3.05, 3.63) is 46.7 Å². The standard InChI is InChI=1S/C15H16FN3OS/c1-11-2-3-13(16)12(10-11)14(20)18-5-7-19(8-6-18)15-17-4-9-21-15/h2-4,9-10H,5-8H2,1H3. The fraction of sp³-hybridized carbons (Fsp3) is 0.333. The number of thiazole rings is 1. The van der Waals surface area contributed by atoms with E-state index in [-0.39, 0.29) is 11.5 Å². The molecule has 1 amide bonds. The van der Waals surface area contributed by atoms with Gasteiger partial charge in [0.1, 0.15) is 5.82 Å². The van der Waals surface area contributed by atoms with E-state index in [1.165, 1.54) is 6.07 Å². The summed E-state index contributed by atoms with van der Waals surface area (Å²) in [6, 6.07) is 4.64. The first kappa shape index (κ1) is 14.0. The van der Waals surface area contributed by atoms with Gasteiger partial charge in [0.05, 0.1) is 5.56 Å². The van der Waals surface area contributed by atoms with Crippen LogP contribution in [-0.2, 0) is 0 Å². The van der Waals surface area contributed by atoms with E-state index in [4.69, 9.17) is 0 Å². The highest BCUT2D eigenvalue weighted by molar-refractivity contribution is 7.13. The van der Waals surface area contributed by atoms with Gasteiger partial charge in [0.2, 0.25) is 0 Å². The molecule has 2 aromatic rings. The van der Waals surface area contributed by atoms with Gasteiger partial charge in [0, 0.05) is 37.8 Å². The van der Waals surface area contributed by atoms with E-state index in [9.17, 15) is 9.18 Å². The Kier molecular flexibility index (Phi) is 3.88. The van der Waals surface area contributed by atoms with Crippen molar-refractivity contribution in [3.8, 4) is 0 Å². The lowest BCUT2D eigenvalue weighted by molar-refractivity contribution is 0.0742. The average Bonchev–Trinajstić information content (AvgIpc) is 3.03. The number of piperazine rings is 1. The SMILES string of the molecule is Cc1ccc(F)c(C(=O)N2CCN(c3nccs3)CC2)c1. The van der Waals surface area contributed by atoms with E-state index in [2.05, 4.69) is 9.88 Å². The van der Waals surface area contributed by atoms with Gasteiger partial charge in [-0.25, -0.2) is 9.37 Å². The predicted molar refractivity (Wildman–Crippen MR) is 81.4 cm³/mol. The monoisotopic (exact) mass is 305 g/mol. The molecule has 1 fully saturated rings. The van der Waals surface area contributed by atoms with Crippen molar-refractivity contribution in [2.45, 2.75) is 6.92 Å². The first-order valence-electron chi connectivity index (χ1n) is 6.85. The van der Waals surface area contributed by atoms with E-state index >= 15 is 0 Å². The molecule has 0 spiro atoms. The molecule has 1 saturated heterocycles. The van der Waals surface area contributed by atoms with Gasteiger partial charge in [0.25, 0.3) is 5.91 Å². The number of benzene rings is 1. The van der Waals surface area contributed by atoms with E-state index in [0.717, 1.165) is 23.8 Å². The molecule has 1 aliphatic heterocycles. The Bertz CT molecular complexity index is 636. The summed E-state index contributed by atoms with van der Waals surface area (Å²) in [4.78, 5) is 20.6. The Morgan fingerprint density at radius 3 is 2.71 bits per heavy atom. The zero-order valence-electron chi connectivity index (χ0n) is 11.8. The molecule has 0 radical (unpaired) electrons. The van der Waals surface area contributed by atoms with Crippen molar-refractivity contribution in [1.29, 1.82) is 0 Å². The fourth-order valence-electron chi connectivity index (χ4n) is 2.45. The maximum absolute atomic E-state index is 13.8. The number of anilines is 1. The van der Waals surface area contributed by atoms with Crippen LogP contribution in [0.2, 0.25) is 0 Å². The number of hydrogen-bond donors (Lipinski definition) is 0. The van der Waals surface area contributed by atoms with Crippen LogP contribution in [0.3, 0.4) is 0 Å². The zero-order chi connectivity index (χ0) is 14.8. The van der Waals surface area contributed by atoms with E-state index in [0.29, 0.717) is 13.1 Å². The van der Waals surface area contributed by atoms with Gasteiger partial charge in [-0.2, -0.15) is 0 Å². The van der Waals surface area contributed by atoms with Crippen LogP contribution in [-0.4, -0.2) is 42.0 Å². The predicted octanol–water partition coefficient (Wildman–Crippen LogP) is 2.55. The summed E-state index contributed by atoms with van der Waals surface area (Å²) in [5.41, 5.74) is 1.05. The van der Waals surface area contributed by atoms with Crippen molar-refractivity contribution in [2.75, 3.05) is 31.1 Å². The third kappa shape index (κ3) is 2.90. The van der Waals surface area contributed by atoms with Gasteiger partial charge >= 0.3 is 0 Å². The molecule has 0 aliphatic carbocycles. The third-order valence-corrected chi connectivity index (χ3v) is 4.44. The Labute approximate surface area is 126 Å². The molecule has 3 rings (SSSR count). The Morgan fingerprint density at radius 1 is 1.29 bits per heavy atom. The minimum atomic E-state index is -0.451. The Morgan fingerprint density at radius 2 is 2.05 bits per heavy atom. The van der Waals surface area contributed by atoms with Crippen molar-refractivity contribution >= 4 is 22.4 Å². The normalized spacial score (nSPS) is 15.3. The molecule has 0 saturated carbocycles. The van der Waals surface area contributed by atoms with Crippen LogP contribution >= 0.6 is 11.3 Å². The number of aryl methyl sites for hydroxylation is 1. The van der Waals surface area contributed by atoms with Crippen LogP contribution < -0.4 is 4.90 Å². The topological polar surface area (TPSA) is 36.4 Å². The molecule has 1 aromatic carbocycles. The lowest BCUT2D eigenvalue weighted by Crippen LogP contribution is -2.49. The van der Waals surface area contributed by atoms with E-state index < -0.39 is 5.82 Å². The lowest BCUT2D eigenvalue weighted by Gasteiger charge is -2.34. The van der Waals surface area contributed by atoms with Gasteiger partial charge in [-0.3, -0.25) is 4.79 Å². The molecule has 6 heteroatoms. The minimum absolute atomic E-state index is 0.165. The molecular weight excluding hydrogens is 289 g/mol. The molecular formula is C15H16FN3OS. The second kappa shape index (κ2) is 5.81. The van der Waals surface area contributed by atoms with Gasteiger partial charge in [-0.15, -0.1) is 11.3 Å². The zero-order valence-corrected chi connectivity index (χ0v) is 12.6. The Hall–Kier alpha value is -1.95. The minimum Gasteiger partial charge on any atom is -0.345 e. The molecule has 2 heterocycles.